The Balaban J connectivity index is 2.46. The molecule has 1 aromatic carbocycles. The Morgan fingerprint density at radius 1 is 1.50 bits per heavy atom. The van der Waals surface area contributed by atoms with Gasteiger partial charge in [0.05, 0.1) is 6.61 Å². The fraction of sp³-hybridized carbons (Fsp3) is 0.417. The van der Waals surface area contributed by atoms with Crippen molar-refractivity contribution in [3.05, 3.63) is 34.3 Å². The average molecular weight is 286 g/mol. The molecule has 4 heteroatoms. The second kappa shape index (κ2) is 6.66. The molecule has 0 aliphatic carbocycles. The number of benzene rings is 1. The van der Waals surface area contributed by atoms with Gasteiger partial charge in [-0.25, -0.2) is 0 Å². The minimum Gasteiger partial charge on any atom is -0.465 e. The summed E-state index contributed by atoms with van der Waals surface area (Å²) in [4.78, 5) is 11.4. The van der Waals surface area contributed by atoms with Crippen molar-refractivity contribution >= 4 is 21.9 Å². The SMILES string of the molecule is CCOC(=O)C(C)NCc1ccccc1Br. The molecular formula is C12H16BrNO2. The van der Waals surface area contributed by atoms with E-state index in [0.717, 1.165) is 10.0 Å². The van der Waals surface area contributed by atoms with Crippen LogP contribution < -0.4 is 5.32 Å². The van der Waals surface area contributed by atoms with Crippen LogP contribution in [-0.2, 0) is 16.1 Å². The van der Waals surface area contributed by atoms with E-state index in [1.165, 1.54) is 0 Å². The lowest BCUT2D eigenvalue weighted by Crippen LogP contribution is -2.34. The first-order valence-electron chi connectivity index (χ1n) is 5.28. The van der Waals surface area contributed by atoms with Gasteiger partial charge in [0.15, 0.2) is 0 Å². The Morgan fingerprint density at radius 3 is 2.81 bits per heavy atom. The molecule has 0 aromatic heterocycles. The van der Waals surface area contributed by atoms with E-state index in [1.807, 2.05) is 24.3 Å². The minimum absolute atomic E-state index is 0.213. The van der Waals surface area contributed by atoms with Gasteiger partial charge in [-0.1, -0.05) is 34.1 Å². The van der Waals surface area contributed by atoms with Gasteiger partial charge in [0.2, 0.25) is 0 Å². The minimum atomic E-state index is -0.285. The van der Waals surface area contributed by atoms with Gasteiger partial charge in [0.1, 0.15) is 6.04 Å². The lowest BCUT2D eigenvalue weighted by Gasteiger charge is -2.13. The van der Waals surface area contributed by atoms with Gasteiger partial charge < -0.3 is 10.1 Å². The maximum Gasteiger partial charge on any atom is 0.322 e. The predicted molar refractivity (Wildman–Crippen MR) is 67.1 cm³/mol. The molecule has 1 atom stereocenters. The van der Waals surface area contributed by atoms with Crippen LogP contribution in [0.15, 0.2) is 28.7 Å². The van der Waals surface area contributed by atoms with Gasteiger partial charge in [-0.15, -0.1) is 0 Å². The smallest absolute Gasteiger partial charge is 0.322 e. The molecule has 0 aliphatic heterocycles. The number of nitrogens with one attached hydrogen (secondary N) is 1. The van der Waals surface area contributed by atoms with E-state index in [-0.39, 0.29) is 12.0 Å². The van der Waals surface area contributed by atoms with Crippen molar-refractivity contribution in [3.63, 3.8) is 0 Å². The normalized spacial score (nSPS) is 12.2. The van der Waals surface area contributed by atoms with Crippen LogP contribution in [0.4, 0.5) is 0 Å². The van der Waals surface area contributed by atoms with Crippen LogP contribution in [0, 0.1) is 0 Å². The molecule has 0 heterocycles. The van der Waals surface area contributed by atoms with E-state index in [9.17, 15) is 4.79 Å². The van der Waals surface area contributed by atoms with Gasteiger partial charge in [-0.2, -0.15) is 0 Å². The van der Waals surface area contributed by atoms with Gasteiger partial charge >= 0.3 is 5.97 Å². The zero-order chi connectivity index (χ0) is 12.0. The number of ether oxygens (including phenoxy) is 1. The molecule has 1 aromatic rings. The maximum atomic E-state index is 11.4. The summed E-state index contributed by atoms with van der Waals surface area (Å²) in [6.45, 7) is 4.66. The topological polar surface area (TPSA) is 38.3 Å². The molecule has 0 saturated carbocycles. The third kappa shape index (κ3) is 3.94. The van der Waals surface area contributed by atoms with Crippen LogP contribution in [0.1, 0.15) is 19.4 Å². The number of carbonyl (C=O) groups is 1. The first-order valence-corrected chi connectivity index (χ1v) is 6.08. The molecule has 0 fully saturated rings. The molecule has 1 rings (SSSR count). The molecular weight excluding hydrogens is 270 g/mol. The Bertz CT molecular complexity index is 355. The average Bonchev–Trinajstić information content (AvgIpc) is 2.28. The molecule has 0 bridgehead atoms. The number of carbonyl (C=O) groups excluding carboxylic acids is 1. The summed E-state index contributed by atoms with van der Waals surface area (Å²) in [6, 6.07) is 7.63. The summed E-state index contributed by atoms with van der Waals surface area (Å²) >= 11 is 3.46. The van der Waals surface area contributed by atoms with Crippen LogP contribution in [0.2, 0.25) is 0 Å². The highest BCUT2D eigenvalue weighted by molar-refractivity contribution is 9.10. The molecule has 0 saturated heterocycles. The fourth-order valence-corrected chi connectivity index (χ4v) is 1.68. The summed E-state index contributed by atoms with van der Waals surface area (Å²) in [5.74, 6) is -0.213. The Kier molecular flexibility index (Phi) is 5.49. The van der Waals surface area contributed by atoms with E-state index in [0.29, 0.717) is 13.2 Å². The number of rotatable bonds is 5. The summed E-state index contributed by atoms with van der Waals surface area (Å²) in [7, 11) is 0. The largest absolute Gasteiger partial charge is 0.465 e. The molecule has 88 valence electrons. The number of halogens is 1. The lowest BCUT2D eigenvalue weighted by atomic mass is 10.2. The van der Waals surface area contributed by atoms with Crippen molar-refractivity contribution in [1.82, 2.24) is 5.32 Å². The van der Waals surface area contributed by atoms with Crippen molar-refractivity contribution in [2.75, 3.05) is 6.61 Å². The van der Waals surface area contributed by atoms with Crippen molar-refractivity contribution in [2.24, 2.45) is 0 Å². The maximum absolute atomic E-state index is 11.4. The van der Waals surface area contributed by atoms with Crippen molar-refractivity contribution < 1.29 is 9.53 Å². The lowest BCUT2D eigenvalue weighted by molar-refractivity contribution is -0.145. The molecule has 0 radical (unpaired) electrons. The fourth-order valence-electron chi connectivity index (χ4n) is 1.26. The monoisotopic (exact) mass is 285 g/mol. The van der Waals surface area contributed by atoms with Crippen LogP contribution in [0.5, 0.6) is 0 Å². The predicted octanol–water partition coefficient (Wildman–Crippen LogP) is 2.49. The molecule has 0 spiro atoms. The van der Waals surface area contributed by atoms with E-state index in [4.69, 9.17) is 4.74 Å². The zero-order valence-corrected chi connectivity index (χ0v) is 11.1. The molecule has 0 aliphatic rings. The van der Waals surface area contributed by atoms with Crippen LogP contribution in [-0.4, -0.2) is 18.6 Å². The van der Waals surface area contributed by atoms with E-state index in [2.05, 4.69) is 21.2 Å². The van der Waals surface area contributed by atoms with Gasteiger partial charge in [-0.3, -0.25) is 4.79 Å². The summed E-state index contributed by atoms with van der Waals surface area (Å²) in [5.41, 5.74) is 1.12. The van der Waals surface area contributed by atoms with Crippen LogP contribution >= 0.6 is 15.9 Å². The molecule has 16 heavy (non-hydrogen) atoms. The molecule has 3 nitrogen and oxygen atoms in total. The third-order valence-electron chi connectivity index (χ3n) is 2.20. The highest BCUT2D eigenvalue weighted by atomic mass is 79.9. The summed E-state index contributed by atoms with van der Waals surface area (Å²) < 4.78 is 5.95. The van der Waals surface area contributed by atoms with Crippen molar-refractivity contribution in [2.45, 2.75) is 26.4 Å². The quantitative estimate of drug-likeness (QED) is 0.845. The zero-order valence-electron chi connectivity index (χ0n) is 9.50. The van der Waals surface area contributed by atoms with Gasteiger partial charge in [-0.05, 0) is 25.5 Å². The summed E-state index contributed by atoms with van der Waals surface area (Å²) in [6.07, 6.45) is 0. The van der Waals surface area contributed by atoms with Crippen molar-refractivity contribution in [3.8, 4) is 0 Å². The Labute approximate surface area is 104 Å². The highest BCUT2D eigenvalue weighted by Crippen LogP contribution is 2.15. The molecule has 1 unspecified atom stereocenters. The first-order chi connectivity index (χ1) is 7.65. The molecule has 1 N–H and O–H groups in total. The Hall–Kier alpha value is -0.870. The highest BCUT2D eigenvalue weighted by Gasteiger charge is 2.12. The standard InChI is InChI=1S/C12H16BrNO2/c1-3-16-12(15)9(2)14-8-10-6-4-5-7-11(10)13/h4-7,9,14H,3,8H2,1-2H3. The number of esters is 1. The third-order valence-corrected chi connectivity index (χ3v) is 2.97. The Morgan fingerprint density at radius 2 is 2.19 bits per heavy atom. The molecule has 0 amide bonds. The van der Waals surface area contributed by atoms with E-state index < -0.39 is 0 Å². The summed E-state index contributed by atoms with van der Waals surface area (Å²) in [5, 5.41) is 3.12. The second-order valence-electron chi connectivity index (χ2n) is 3.45. The van der Waals surface area contributed by atoms with Crippen LogP contribution in [0.3, 0.4) is 0 Å². The van der Waals surface area contributed by atoms with E-state index in [1.54, 1.807) is 13.8 Å². The van der Waals surface area contributed by atoms with Gasteiger partial charge in [0, 0.05) is 11.0 Å². The first kappa shape index (κ1) is 13.2. The van der Waals surface area contributed by atoms with E-state index >= 15 is 0 Å². The van der Waals surface area contributed by atoms with Crippen LogP contribution in [0.25, 0.3) is 0 Å². The number of hydrogen-bond acceptors (Lipinski definition) is 3. The number of hydrogen-bond donors (Lipinski definition) is 1. The van der Waals surface area contributed by atoms with Gasteiger partial charge in [0.25, 0.3) is 0 Å². The second-order valence-corrected chi connectivity index (χ2v) is 4.30. The van der Waals surface area contributed by atoms with Crippen molar-refractivity contribution in [1.29, 1.82) is 0 Å².